The van der Waals surface area contributed by atoms with E-state index in [-0.39, 0.29) is 0 Å². The summed E-state index contributed by atoms with van der Waals surface area (Å²) in [6.45, 7) is 5.90. The van der Waals surface area contributed by atoms with E-state index in [2.05, 4.69) is 36.7 Å². The van der Waals surface area contributed by atoms with Crippen molar-refractivity contribution in [3.05, 3.63) is 27.9 Å². The van der Waals surface area contributed by atoms with Gasteiger partial charge in [-0.05, 0) is 30.7 Å². The molecule has 0 spiro atoms. The first-order valence-corrected chi connectivity index (χ1v) is 3.34. The molecule has 0 saturated carbocycles. The lowest BCUT2D eigenvalue weighted by molar-refractivity contribution is 1.28. The molecular formula is C9H9N. The molecule has 1 heteroatoms. The zero-order chi connectivity index (χ0) is 7.14. The standard InChI is InChI=1S/C9H9N/c1-6-3-8-5-7(2)10-9(8)4-6/h3-5,10H,2H2,1H3. The first kappa shape index (κ1) is 5.54. The van der Waals surface area contributed by atoms with Gasteiger partial charge < -0.3 is 4.98 Å². The Labute approximate surface area is 59.4 Å². The average Bonchev–Trinajstić information content (AvgIpc) is 2.21. The third kappa shape index (κ3) is 0.637. The fraction of sp³-hybridized carbons (Fsp3) is 0.111. The molecule has 0 fully saturated rings. The van der Waals surface area contributed by atoms with Crippen molar-refractivity contribution in [1.82, 2.24) is 4.98 Å². The van der Waals surface area contributed by atoms with E-state index in [1.54, 1.807) is 0 Å². The van der Waals surface area contributed by atoms with E-state index in [1.807, 2.05) is 0 Å². The van der Waals surface area contributed by atoms with Gasteiger partial charge in [-0.1, -0.05) is 6.58 Å². The van der Waals surface area contributed by atoms with Crippen LogP contribution in [-0.4, -0.2) is 4.98 Å². The molecule has 0 aromatic carbocycles. The third-order valence-electron chi connectivity index (χ3n) is 1.69. The summed E-state index contributed by atoms with van der Waals surface area (Å²) in [5.41, 5.74) is 2.57. The quantitative estimate of drug-likeness (QED) is 0.531. The zero-order valence-electron chi connectivity index (χ0n) is 5.94. The Bertz CT molecular complexity index is 393. The van der Waals surface area contributed by atoms with Crippen LogP contribution >= 0.6 is 0 Å². The van der Waals surface area contributed by atoms with Gasteiger partial charge in [-0.3, -0.25) is 0 Å². The summed E-state index contributed by atoms with van der Waals surface area (Å²) in [5, 5.41) is 2.19. The maximum absolute atomic E-state index is 3.80. The number of aromatic amines is 1. The van der Waals surface area contributed by atoms with Crippen LogP contribution in [0.2, 0.25) is 0 Å². The van der Waals surface area contributed by atoms with Crippen LogP contribution in [0.5, 0.6) is 0 Å². The Kier molecular flexibility index (Phi) is 0.901. The molecule has 10 heavy (non-hydrogen) atoms. The number of hydrogen-bond acceptors (Lipinski definition) is 0. The van der Waals surface area contributed by atoms with Crippen molar-refractivity contribution in [2.24, 2.45) is 0 Å². The molecule has 50 valence electrons. The van der Waals surface area contributed by atoms with Crippen LogP contribution < -0.4 is 10.7 Å². The monoisotopic (exact) mass is 131 g/mol. The first-order chi connectivity index (χ1) is 4.75. The van der Waals surface area contributed by atoms with E-state index >= 15 is 0 Å². The van der Waals surface area contributed by atoms with Crippen molar-refractivity contribution in [2.45, 2.75) is 6.92 Å². The highest BCUT2D eigenvalue weighted by Crippen LogP contribution is 2.06. The molecule has 0 radical (unpaired) electrons. The maximum Gasteiger partial charge on any atom is 0.0461 e. The summed E-state index contributed by atoms with van der Waals surface area (Å²) in [5.74, 6) is 0. The average molecular weight is 131 g/mol. The van der Waals surface area contributed by atoms with Crippen LogP contribution in [0.3, 0.4) is 0 Å². The van der Waals surface area contributed by atoms with E-state index in [0.29, 0.717) is 0 Å². The number of H-pyrrole nitrogens is 1. The van der Waals surface area contributed by atoms with Crippen LogP contribution in [0.15, 0.2) is 11.6 Å². The summed E-state index contributed by atoms with van der Waals surface area (Å²) in [7, 11) is 0. The zero-order valence-corrected chi connectivity index (χ0v) is 5.94. The predicted octanol–water partition coefficient (Wildman–Crippen LogP) is 0.622. The second-order valence-corrected chi connectivity index (χ2v) is 2.70. The van der Waals surface area contributed by atoms with Gasteiger partial charge in [0.05, 0.1) is 0 Å². The molecule has 1 aromatic heterocycles. The molecule has 1 aliphatic carbocycles. The predicted molar refractivity (Wildman–Crippen MR) is 43.7 cm³/mol. The van der Waals surface area contributed by atoms with Gasteiger partial charge >= 0.3 is 0 Å². The first-order valence-electron chi connectivity index (χ1n) is 3.34. The molecule has 0 saturated heterocycles. The van der Waals surface area contributed by atoms with Crippen molar-refractivity contribution in [1.29, 1.82) is 0 Å². The third-order valence-corrected chi connectivity index (χ3v) is 1.69. The smallest absolute Gasteiger partial charge is 0.0461 e. The second-order valence-electron chi connectivity index (χ2n) is 2.70. The Balaban J connectivity index is 2.82. The van der Waals surface area contributed by atoms with Gasteiger partial charge in [0.15, 0.2) is 0 Å². The van der Waals surface area contributed by atoms with Crippen LogP contribution in [-0.2, 0) is 0 Å². The lowest BCUT2D eigenvalue weighted by Gasteiger charge is -1.77. The van der Waals surface area contributed by atoms with Crippen LogP contribution in [0.1, 0.15) is 12.5 Å². The minimum absolute atomic E-state index is 0.991. The lowest BCUT2D eigenvalue weighted by atomic mass is 10.3. The highest BCUT2D eigenvalue weighted by Gasteiger charge is 2.00. The Morgan fingerprint density at radius 2 is 2.20 bits per heavy atom. The topological polar surface area (TPSA) is 15.8 Å². The van der Waals surface area contributed by atoms with Gasteiger partial charge in [0.25, 0.3) is 0 Å². The summed E-state index contributed by atoms with van der Waals surface area (Å²) in [6, 6.07) is 2.06. The Morgan fingerprint density at radius 1 is 1.40 bits per heavy atom. The number of rotatable bonds is 0. The van der Waals surface area contributed by atoms with Gasteiger partial charge in [0, 0.05) is 16.3 Å². The molecule has 0 aliphatic heterocycles. The molecule has 1 N–H and O–H groups in total. The van der Waals surface area contributed by atoms with Crippen LogP contribution in [0, 0.1) is 0 Å². The molecular weight excluding hydrogens is 122 g/mol. The van der Waals surface area contributed by atoms with Gasteiger partial charge in [-0.15, -0.1) is 0 Å². The molecule has 1 aromatic rings. The van der Waals surface area contributed by atoms with Crippen molar-refractivity contribution < 1.29 is 0 Å². The van der Waals surface area contributed by atoms with Crippen molar-refractivity contribution in [2.75, 3.05) is 0 Å². The molecule has 0 amide bonds. The fourth-order valence-corrected chi connectivity index (χ4v) is 1.30. The molecule has 0 atom stereocenters. The largest absolute Gasteiger partial charge is 0.355 e. The lowest BCUT2D eigenvalue weighted by Crippen LogP contribution is -2.06. The van der Waals surface area contributed by atoms with Crippen LogP contribution in [0.4, 0.5) is 0 Å². The van der Waals surface area contributed by atoms with E-state index in [9.17, 15) is 0 Å². The molecule has 2 rings (SSSR count). The number of allylic oxidation sites excluding steroid dienone is 1. The molecule has 0 unspecified atom stereocenters. The maximum atomic E-state index is 3.80. The summed E-state index contributed by atoms with van der Waals surface area (Å²) < 4.78 is 0. The second kappa shape index (κ2) is 1.63. The van der Waals surface area contributed by atoms with E-state index in [0.717, 1.165) is 5.35 Å². The SMILES string of the molecule is C=c1cc2c([nH]1)=CC(C)=C2. The highest BCUT2D eigenvalue weighted by molar-refractivity contribution is 5.70. The summed E-state index contributed by atoms with van der Waals surface area (Å²) in [6.07, 6.45) is 4.28. The van der Waals surface area contributed by atoms with Gasteiger partial charge in [-0.25, -0.2) is 0 Å². The molecule has 1 heterocycles. The number of hydrogen-bond donors (Lipinski definition) is 1. The van der Waals surface area contributed by atoms with Crippen molar-refractivity contribution in [3.63, 3.8) is 0 Å². The highest BCUT2D eigenvalue weighted by atomic mass is 14.7. The van der Waals surface area contributed by atoms with Gasteiger partial charge in [0.1, 0.15) is 0 Å². The Hall–Kier alpha value is -1.24. The fourth-order valence-electron chi connectivity index (χ4n) is 1.30. The van der Waals surface area contributed by atoms with Crippen molar-refractivity contribution in [3.8, 4) is 0 Å². The summed E-state index contributed by atoms with van der Waals surface area (Å²) in [4.78, 5) is 3.17. The Morgan fingerprint density at radius 3 is 2.90 bits per heavy atom. The van der Waals surface area contributed by atoms with Crippen molar-refractivity contribution >= 4 is 18.7 Å². The normalized spacial score (nSPS) is 14.3. The number of fused-ring (bicyclic) bond motifs is 1. The number of nitrogens with one attached hydrogen (secondary N) is 1. The molecule has 1 nitrogen and oxygen atoms in total. The van der Waals surface area contributed by atoms with E-state index < -0.39 is 0 Å². The number of aromatic nitrogens is 1. The molecule has 1 aliphatic rings. The van der Waals surface area contributed by atoms with E-state index in [4.69, 9.17) is 0 Å². The minimum atomic E-state index is 0.991. The minimum Gasteiger partial charge on any atom is -0.355 e. The van der Waals surface area contributed by atoms with Gasteiger partial charge in [-0.2, -0.15) is 0 Å². The summed E-state index contributed by atoms with van der Waals surface area (Å²) >= 11 is 0. The molecule has 0 bridgehead atoms. The van der Waals surface area contributed by atoms with Gasteiger partial charge in [0.2, 0.25) is 0 Å². The van der Waals surface area contributed by atoms with Crippen LogP contribution in [0.25, 0.3) is 18.7 Å². The van der Waals surface area contributed by atoms with E-state index in [1.165, 1.54) is 16.5 Å².